The maximum atomic E-state index is 12.2. The maximum absolute atomic E-state index is 12.2. The fourth-order valence-electron chi connectivity index (χ4n) is 4.15. The first-order valence-electron chi connectivity index (χ1n) is 12.5. The quantitative estimate of drug-likeness (QED) is 0.186. The van der Waals surface area contributed by atoms with Crippen molar-refractivity contribution in [3.8, 4) is 5.75 Å². The molecule has 4 rings (SSSR count). The van der Waals surface area contributed by atoms with E-state index in [-0.39, 0.29) is 5.91 Å². The molecule has 1 heterocycles. The van der Waals surface area contributed by atoms with Crippen LogP contribution in [0.2, 0.25) is 10.0 Å². The second-order valence-electron chi connectivity index (χ2n) is 8.75. The van der Waals surface area contributed by atoms with Crippen LogP contribution in [0.1, 0.15) is 48.3 Å². The summed E-state index contributed by atoms with van der Waals surface area (Å²) in [4.78, 5) is 17.1. The highest BCUT2D eigenvalue weighted by Gasteiger charge is 2.10. The van der Waals surface area contributed by atoms with Crippen molar-refractivity contribution < 1.29 is 9.53 Å². The third-order valence-corrected chi connectivity index (χ3v) is 6.57. The number of benzene rings is 3. The first-order chi connectivity index (χ1) is 17.6. The SMILES string of the molecule is O=C(NCCCCCc1nc2ccccc2n1CCCCOc1ccc(Cl)cc1)c1ccc(Cl)cc1. The van der Waals surface area contributed by atoms with Crippen LogP contribution in [0.4, 0.5) is 0 Å². The average molecular weight is 524 g/mol. The van der Waals surface area contributed by atoms with Crippen LogP contribution < -0.4 is 10.1 Å². The van der Waals surface area contributed by atoms with Gasteiger partial charge in [0.1, 0.15) is 11.6 Å². The smallest absolute Gasteiger partial charge is 0.251 e. The number of hydrogen-bond acceptors (Lipinski definition) is 3. The molecule has 4 aromatic rings. The molecule has 0 spiro atoms. The molecule has 0 saturated carbocycles. The van der Waals surface area contributed by atoms with Gasteiger partial charge in [-0.05, 0) is 86.3 Å². The first kappa shape index (κ1) is 26.1. The van der Waals surface area contributed by atoms with E-state index >= 15 is 0 Å². The molecule has 1 aromatic heterocycles. The van der Waals surface area contributed by atoms with E-state index in [9.17, 15) is 4.79 Å². The number of rotatable bonds is 13. The highest BCUT2D eigenvalue weighted by molar-refractivity contribution is 6.30. The summed E-state index contributed by atoms with van der Waals surface area (Å²) in [7, 11) is 0. The Morgan fingerprint density at radius 1 is 0.833 bits per heavy atom. The van der Waals surface area contributed by atoms with E-state index in [1.54, 1.807) is 24.3 Å². The number of halogens is 2. The minimum Gasteiger partial charge on any atom is -0.494 e. The fraction of sp³-hybridized carbons (Fsp3) is 0.310. The summed E-state index contributed by atoms with van der Waals surface area (Å²) in [6.45, 7) is 2.24. The lowest BCUT2D eigenvalue weighted by Crippen LogP contribution is -2.24. The largest absolute Gasteiger partial charge is 0.494 e. The number of fused-ring (bicyclic) bond motifs is 1. The molecule has 1 N–H and O–H groups in total. The van der Waals surface area contributed by atoms with E-state index in [4.69, 9.17) is 32.9 Å². The van der Waals surface area contributed by atoms with Crippen molar-refractivity contribution in [2.24, 2.45) is 0 Å². The number of aromatic nitrogens is 2. The summed E-state index contributed by atoms with van der Waals surface area (Å²) >= 11 is 11.8. The molecule has 5 nitrogen and oxygen atoms in total. The van der Waals surface area contributed by atoms with Crippen molar-refractivity contribution in [1.29, 1.82) is 0 Å². The monoisotopic (exact) mass is 523 g/mol. The number of ether oxygens (including phenoxy) is 1. The van der Waals surface area contributed by atoms with Crippen LogP contribution in [-0.2, 0) is 13.0 Å². The standard InChI is InChI=1S/C29H31Cl2N3O2/c30-23-13-11-22(12-14-23)29(35)32-19-5-1-2-10-28-33-26-8-3-4-9-27(26)34(28)20-6-7-21-36-25-17-15-24(31)16-18-25/h3-4,8-9,11-18H,1-2,5-7,10,19-21H2,(H,32,35). The van der Waals surface area contributed by atoms with E-state index in [0.717, 1.165) is 62.2 Å². The Bertz CT molecular complexity index is 1250. The number of imidazole rings is 1. The third kappa shape index (κ3) is 7.49. The normalized spacial score (nSPS) is 11.1. The molecular formula is C29H31Cl2N3O2. The Hall–Kier alpha value is -3.02. The molecule has 0 aliphatic heterocycles. The Kier molecular flexibility index (Phi) is 9.65. The Morgan fingerprint density at radius 2 is 1.56 bits per heavy atom. The van der Waals surface area contributed by atoms with Crippen LogP contribution in [0.3, 0.4) is 0 Å². The number of aryl methyl sites for hydroxylation is 2. The molecule has 0 aliphatic carbocycles. The zero-order chi connectivity index (χ0) is 25.2. The molecule has 7 heteroatoms. The fourth-order valence-corrected chi connectivity index (χ4v) is 4.40. The lowest BCUT2D eigenvalue weighted by Gasteiger charge is -2.10. The zero-order valence-electron chi connectivity index (χ0n) is 20.3. The average Bonchev–Trinajstić information content (AvgIpc) is 3.24. The van der Waals surface area contributed by atoms with E-state index < -0.39 is 0 Å². The highest BCUT2D eigenvalue weighted by atomic mass is 35.5. The number of hydrogen-bond donors (Lipinski definition) is 1. The molecule has 0 radical (unpaired) electrons. The van der Waals surface area contributed by atoms with Gasteiger partial charge in [-0.15, -0.1) is 0 Å². The molecule has 36 heavy (non-hydrogen) atoms. The number of carbonyl (C=O) groups is 1. The minimum absolute atomic E-state index is 0.0616. The van der Waals surface area contributed by atoms with Crippen molar-refractivity contribution in [3.05, 3.63) is 94.2 Å². The van der Waals surface area contributed by atoms with Crippen LogP contribution in [0.15, 0.2) is 72.8 Å². The molecule has 0 fully saturated rings. The predicted molar refractivity (Wildman–Crippen MR) is 147 cm³/mol. The number of amides is 1. The van der Waals surface area contributed by atoms with Crippen LogP contribution in [-0.4, -0.2) is 28.6 Å². The number of nitrogens with zero attached hydrogens (tertiary/aromatic N) is 2. The topological polar surface area (TPSA) is 56.2 Å². The zero-order valence-corrected chi connectivity index (χ0v) is 21.8. The Labute approximate surface area is 222 Å². The summed E-state index contributed by atoms with van der Waals surface area (Å²) in [5.41, 5.74) is 2.85. The van der Waals surface area contributed by atoms with Crippen molar-refractivity contribution in [3.63, 3.8) is 0 Å². The molecule has 188 valence electrons. The molecule has 0 unspecified atom stereocenters. The molecule has 1 amide bonds. The van der Waals surface area contributed by atoms with Crippen molar-refractivity contribution >= 4 is 40.1 Å². The van der Waals surface area contributed by atoms with Gasteiger partial charge in [-0.3, -0.25) is 4.79 Å². The molecule has 0 bridgehead atoms. The molecular weight excluding hydrogens is 493 g/mol. The second kappa shape index (κ2) is 13.3. The Balaban J connectivity index is 1.21. The lowest BCUT2D eigenvalue weighted by atomic mass is 10.1. The lowest BCUT2D eigenvalue weighted by molar-refractivity contribution is 0.0953. The predicted octanol–water partition coefficient (Wildman–Crippen LogP) is 7.35. The minimum atomic E-state index is -0.0616. The molecule has 0 aliphatic rings. The highest BCUT2D eigenvalue weighted by Crippen LogP contribution is 2.20. The number of nitrogens with one attached hydrogen (secondary N) is 1. The maximum Gasteiger partial charge on any atom is 0.251 e. The summed E-state index contributed by atoms with van der Waals surface area (Å²) in [5.74, 6) is 1.91. The number of unbranched alkanes of at least 4 members (excludes halogenated alkanes) is 3. The van der Waals surface area contributed by atoms with Crippen molar-refractivity contribution in [2.45, 2.75) is 45.1 Å². The van der Waals surface area contributed by atoms with Gasteiger partial charge in [0.05, 0.1) is 17.6 Å². The molecule has 0 atom stereocenters. The summed E-state index contributed by atoms with van der Waals surface area (Å²) in [5, 5.41) is 4.32. The van der Waals surface area contributed by atoms with Gasteiger partial charge in [-0.2, -0.15) is 0 Å². The summed E-state index contributed by atoms with van der Waals surface area (Å²) < 4.78 is 8.18. The van der Waals surface area contributed by atoms with Crippen molar-refractivity contribution in [1.82, 2.24) is 14.9 Å². The van der Waals surface area contributed by atoms with E-state index in [2.05, 4.69) is 28.1 Å². The number of carbonyl (C=O) groups excluding carboxylic acids is 1. The van der Waals surface area contributed by atoms with Crippen LogP contribution >= 0.6 is 23.2 Å². The van der Waals surface area contributed by atoms with Gasteiger partial charge < -0.3 is 14.6 Å². The molecule has 0 saturated heterocycles. The van der Waals surface area contributed by atoms with Gasteiger partial charge in [0.15, 0.2) is 0 Å². The Morgan fingerprint density at radius 3 is 2.33 bits per heavy atom. The van der Waals surface area contributed by atoms with Gasteiger partial charge >= 0.3 is 0 Å². The van der Waals surface area contributed by atoms with Gasteiger partial charge in [0.25, 0.3) is 5.91 Å². The number of para-hydroxylation sites is 2. The van der Waals surface area contributed by atoms with Crippen LogP contribution in [0.5, 0.6) is 5.75 Å². The summed E-state index contributed by atoms with van der Waals surface area (Å²) in [6.07, 6.45) is 5.88. The van der Waals surface area contributed by atoms with E-state index in [1.165, 1.54) is 5.52 Å². The van der Waals surface area contributed by atoms with Crippen LogP contribution in [0.25, 0.3) is 11.0 Å². The summed E-state index contributed by atoms with van der Waals surface area (Å²) in [6, 6.07) is 22.7. The van der Waals surface area contributed by atoms with E-state index in [1.807, 2.05) is 30.3 Å². The van der Waals surface area contributed by atoms with Crippen LogP contribution in [0, 0.1) is 0 Å². The van der Waals surface area contributed by atoms with Gasteiger partial charge in [-0.25, -0.2) is 4.98 Å². The van der Waals surface area contributed by atoms with Gasteiger partial charge in [-0.1, -0.05) is 41.8 Å². The van der Waals surface area contributed by atoms with Gasteiger partial charge in [0.2, 0.25) is 0 Å². The van der Waals surface area contributed by atoms with E-state index in [0.29, 0.717) is 28.8 Å². The third-order valence-electron chi connectivity index (χ3n) is 6.06. The van der Waals surface area contributed by atoms with Gasteiger partial charge in [0, 0.05) is 35.1 Å². The first-order valence-corrected chi connectivity index (χ1v) is 13.2. The van der Waals surface area contributed by atoms with Crippen molar-refractivity contribution in [2.75, 3.05) is 13.2 Å². The molecule has 3 aromatic carbocycles. The second-order valence-corrected chi connectivity index (χ2v) is 9.62.